The van der Waals surface area contributed by atoms with E-state index >= 15 is 0 Å². The van der Waals surface area contributed by atoms with Crippen LogP contribution in [0.1, 0.15) is 0 Å². The van der Waals surface area contributed by atoms with Gasteiger partial charge in [0.25, 0.3) is 0 Å². The van der Waals surface area contributed by atoms with E-state index in [9.17, 15) is 0 Å². The van der Waals surface area contributed by atoms with Gasteiger partial charge in [-0.05, 0) is 18.4 Å². The molecule has 3 nitrogen and oxygen atoms in total. The molecule has 0 aliphatic carbocycles. The van der Waals surface area contributed by atoms with Crippen molar-refractivity contribution in [1.82, 2.24) is 0 Å². The molecule has 0 saturated heterocycles. The number of hydrogen-bond acceptors (Lipinski definition) is 4. The highest BCUT2D eigenvalue weighted by molar-refractivity contribution is 8.01. The maximum atomic E-state index is 5.44. The minimum atomic E-state index is 0.471. The second kappa shape index (κ2) is 4.90. The zero-order chi connectivity index (χ0) is 8.81. The second-order valence-electron chi connectivity index (χ2n) is 2.08. The molecule has 0 fully saturated rings. The first-order valence-corrected chi connectivity index (χ1v) is 4.68. The normalized spacial score (nSPS) is 11.2. The molecule has 0 spiro atoms. The minimum absolute atomic E-state index is 0.471. The molecule has 0 atom stereocenters. The van der Waals surface area contributed by atoms with Crippen LogP contribution in [0.3, 0.4) is 0 Å². The Morgan fingerprint density at radius 3 is 2.58 bits per heavy atom. The molecule has 63 valence electrons. The monoisotopic (exact) mass is 180 g/mol. The van der Waals surface area contributed by atoms with E-state index in [4.69, 9.17) is 5.73 Å². The zero-order valence-electron chi connectivity index (χ0n) is 6.77. The summed E-state index contributed by atoms with van der Waals surface area (Å²) in [5.41, 5.74) is 6.73. The van der Waals surface area contributed by atoms with Gasteiger partial charge in [-0.2, -0.15) is 5.11 Å². The topological polar surface area (TPSA) is 50.7 Å². The van der Waals surface area contributed by atoms with E-state index in [1.165, 1.54) is 11.8 Å². The van der Waals surface area contributed by atoms with Crippen LogP contribution in [0, 0.1) is 5.50 Å². The molecule has 0 saturated carbocycles. The Morgan fingerprint density at radius 1 is 1.33 bits per heavy atom. The summed E-state index contributed by atoms with van der Waals surface area (Å²) < 4.78 is 0. The van der Waals surface area contributed by atoms with Crippen LogP contribution in [0.5, 0.6) is 0 Å². The number of nitrogens with zero attached hydrogens (tertiary/aromatic N) is 2. The minimum Gasteiger partial charge on any atom is -0.293 e. The highest BCUT2D eigenvalue weighted by Gasteiger charge is 1.95. The van der Waals surface area contributed by atoms with Gasteiger partial charge in [-0.1, -0.05) is 18.2 Å². The van der Waals surface area contributed by atoms with E-state index in [-0.39, 0.29) is 0 Å². The van der Waals surface area contributed by atoms with Crippen molar-refractivity contribution >= 4 is 17.4 Å². The highest BCUT2D eigenvalue weighted by Crippen LogP contribution is 2.15. The lowest BCUT2D eigenvalue weighted by atomic mass is 10.3. The number of benzene rings is 1. The lowest BCUT2D eigenvalue weighted by molar-refractivity contribution is 1.06. The Bertz CT molecular complexity index is 248. The molecule has 2 N–H and O–H groups in total. The lowest BCUT2D eigenvalue weighted by Gasteiger charge is -1.95. The summed E-state index contributed by atoms with van der Waals surface area (Å²) in [5, 5.41) is 7.71. The number of thioether (sulfide) groups is 1. The standard InChI is InChI=1S/C8H10N3S/c1-12-8(9)11-10-7-5-3-2-4-6-7/h2-6H,9H2,1H3. The molecule has 1 aromatic rings. The zero-order valence-corrected chi connectivity index (χ0v) is 7.58. The fraction of sp³-hybridized carbons (Fsp3) is 0.125. The molecule has 1 rings (SSSR count). The van der Waals surface area contributed by atoms with E-state index in [0.717, 1.165) is 5.69 Å². The molecule has 0 heterocycles. The third-order valence-electron chi connectivity index (χ3n) is 1.23. The number of rotatable bonds is 3. The smallest absolute Gasteiger partial charge is 0.226 e. The van der Waals surface area contributed by atoms with Gasteiger partial charge in [-0.15, -0.1) is 16.9 Å². The first-order chi connectivity index (χ1) is 5.83. The van der Waals surface area contributed by atoms with Crippen LogP contribution < -0.4 is 5.73 Å². The third kappa shape index (κ3) is 3.02. The Balaban J connectivity index is 2.58. The fourth-order valence-corrected chi connectivity index (χ4v) is 0.765. The van der Waals surface area contributed by atoms with Gasteiger partial charge >= 0.3 is 0 Å². The van der Waals surface area contributed by atoms with E-state index in [1.807, 2.05) is 36.6 Å². The average molecular weight is 180 g/mol. The molecule has 0 bridgehead atoms. The Labute approximate surface area is 76.1 Å². The third-order valence-corrected chi connectivity index (χ3v) is 1.73. The van der Waals surface area contributed by atoms with Crippen LogP contribution in [-0.4, -0.2) is 6.26 Å². The maximum absolute atomic E-state index is 5.44. The van der Waals surface area contributed by atoms with Gasteiger partial charge in [0.1, 0.15) is 0 Å². The Hall–Kier alpha value is -0.870. The molecule has 4 heteroatoms. The Kier molecular flexibility index (Phi) is 3.76. The molecule has 0 aliphatic heterocycles. The van der Waals surface area contributed by atoms with Crippen molar-refractivity contribution < 1.29 is 0 Å². The van der Waals surface area contributed by atoms with Gasteiger partial charge in [-0.25, -0.2) is 0 Å². The van der Waals surface area contributed by atoms with Crippen molar-refractivity contribution in [3.63, 3.8) is 0 Å². The van der Waals surface area contributed by atoms with Gasteiger partial charge < -0.3 is 0 Å². The fourth-order valence-electron chi connectivity index (χ4n) is 0.643. The van der Waals surface area contributed by atoms with Crippen molar-refractivity contribution in [2.45, 2.75) is 0 Å². The molecular weight excluding hydrogens is 170 g/mol. The highest BCUT2D eigenvalue weighted by atomic mass is 32.2. The van der Waals surface area contributed by atoms with Crippen LogP contribution in [0.4, 0.5) is 5.69 Å². The van der Waals surface area contributed by atoms with E-state index in [2.05, 4.69) is 10.2 Å². The van der Waals surface area contributed by atoms with Crippen molar-refractivity contribution in [1.29, 1.82) is 0 Å². The van der Waals surface area contributed by atoms with Gasteiger partial charge in [0.2, 0.25) is 5.50 Å². The molecule has 0 aromatic heterocycles. The Morgan fingerprint density at radius 2 is 2.00 bits per heavy atom. The van der Waals surface area contributed by atoms with Crippen molar-refractivity contribution in [2.24, 2.45) is 16.0 Å². The SMILES string of the molecule is CS[C](N)N=Nc1ccccc1. The summed E-state index contributed by atoms with van der Waals surface area (Å²) in [6.45, 7) is 0. The lowest BCUT2D eigenvalue weighted by Crippen LogP contribution is -1.98. The summed E-state index contributed by atoms with van der Waals surface area (Å²) in [6.07, 6.45) is 1.86. The van der Waals surface area contributed by atoms with Gasteiger partial charge in [-0.3, -0.25) is 5.73 Å². The predicted octanol–water partition coefficient (Wildman–Crippen LogP) is 2.54. The van der Waals surface area contributed by atoms with E-state index in [0.29, 0.717) is 5.50 Å². The van der Waals surface area contributed by atoms with Crippen LogP contribution in [-0.2, 0) is 0 Å². The largest absolute Gasteiger partial charge is 0.293 e. The second-order valence-corrected chi connectivity index (χ2v) is 2.90. The summed E-state index contributed by atoms with van der Waals surface area (Å²) in [4.78, 5) is 0. The summed E-state index contributed by atoms with van der Waals surface area (Å²) in [6, 6.07) is 9.49. The van der Waals surface area contributed by atoms with Crippen LogP contribution in [0.25, 0.3) is 0 Å². The van der Waals surface area contributed by atoms with Crippen molar-refractivity contribution in [3.05, 3.63) is 35.8 Å². The average Bonchev–Trinajstić information content (AvgIpc) is 2.16. The summed E-state index contributed by atoms with van der Waals surface area (Å²) >= 11 is 1.38. The molecule has 1 radical (unpaired) electrons. The van der Waals surface area contributed by atoms with Crippen molar-refractivity contribution in [3.8, 4) is 0 Å². The molecule has 0 amide bonds. The van der Waals surface area contributed by atoms with Crippen LogP contribution >= 0.6 is 11.8 Å². The summed E-state index contributed by atoms with van der Waals surface area (Å²) in [7, 11) is 0. The summed E-state index contributed by atoms with van der Waals surface area (Å²) in [5.74, 6) is 0. The maximum Gasteiger partial charge on any atom is 0.226 e. The number of nitrogens with two attached hydrogens (primary N) is 1. The molecule has 1 aromatic carbocycles. The van der Waals surface area contributed by atoms with Crippen LogP contribution in [0.2, 0.25) is 0 Å². The van der Waals surface area contributed by atoms with Gasteiger partial charge in [0, 0.05) is 0 Å². The number of azo groups is 1. The molecule has 0 unspecified atom stereocenters. The molecular formula is C8H10N3S. The van der Waals surface area contributed by atoms with E-state index < -0.39 is 0 Å². The van der Waals surface area contributed by atoms with Crippen molar-refractivity contribution in [2.75, 3.05) is 6.26 Å². The first kappa shape index (κ1) is 9.22. The van der Waals surface area contributed by atoms with Gasteiger partial charge in [0.05, 0.1) is 5.69 Å². The van der Waals surface area contributed by atoms with Crippen LogP contribution in [0.15, 0.2) is 40.6 Å². The quantitative estimate of drug-likeness (QED) is 0.727. The van der Waals surface area contributed by atoms with Gasteiger partial charge in [0.15, 0.2) is 0 Å². The van der Waals surface area contributed by atoms with E-state index in [1.54, 1.807) is 0 Å². The molecule has 12 heavy (non-hydrogen) atoms. The first-order valence-electron chi connectivity index (χ1n) is 3.46. The number of hydrogen-bond donors (Lipinski definition) is 1. The molecule has 0 aliphatic rings. The predicted molar refractivity (Wildman–Crippen MR) is 51.9 cm³/mol.